The van der Waals surface area contributed by atoms with Crippen LogP contribution in [0.25, 0.3) is 0 Å². The molecule has 186 valence electrons. The normalized spacial score (nSPS) is 14.1. The second kappa shape index (κ2) is 13.6. The summed E-state index contributed by atoms with van der Waals surface area (Å²) >= 11 is 0. The van der Waals surface area contributed by atoms with Gasteiger partial charge in [-0.05, 0) is 55.0 Å². The van der Waals surface area contributed by atoms with Crippen LogP contribution in [0.3, 0.4) is 0 Å². The van der Waals surface area contributed by atoms with Crippen molar-refractivity contribution >= 4 is 17.7 Å². The molecule has 1 fully saturated rings. The SMILES string of the molecule is CC.CC.NC(=O)c1ccc(N2CCC(C(=O)O)C2)nc1Oc1ccc(Oc2ccccc2)cc1. The van der Waals surface area contributed by atoms with Gasteiger partial charge in [-0.1, -0.05) is 45.9 Å². The number of carboxylic acid groups (broad SMARTS) is 1. The highest BCUT2D eigenvalue weighted by molar-refractivity contribution is 5.95. The fraction of sp³-hybridized carbons (Fsp3) is 0.296. The predicted octanol–water partition coefficient (Wildman–Crippen LogP) is 5.73. The number of ether oxygens (including phenoxy) is 2. The fourth-order valence-corrected chi connectivity index (χ4v) is 3.35. The van der Waals surface area contributed by atoms with Crippen molar-refractivity contribution in [3.63, 3.8) is 0 Å². The molecule has 1 saturated heterocycles. The van der Waals surface area contributed by atoms with Gasteiger partial charge in [-0.25, -0.2) is 0 Å². The van der Waals surface area contributed by atoms with Crippen LogP contribution in [0.5, 0.6) is 23.1 Å². The summed E-state index contributed by atoms with van der Waals surface area (Å²) in [5, 5.41) is 9.22. The van der Waals surface area contributed by atoms with Crippen LogP contribution in [0.2, 0.25) is 0 Å². The minimum Gasteiger partial charge on any atom is -0.481 e. The van der Waals surface area contributed by atoms with E-state index in [2.05, 4.69) is 4.98 Å². The van der Waals surface area contributed by atoms with Gasteiger partial charge in [-0.2, -0.15) is 4.98 Å². The Kier molecular flexibility index (Phi) is 10.6. The Morgan fingerprint density at radius 2 is 1.46 bits per heavy atom. The van der Waals surface area contributed by atoms with Crippen LogP contribution < -0.4 is 20.1 Å². The first kappa shape index (κ1) is 27.2. The summed E-state index contributed by atoms with van der Waals surface area (Å²) in [6.45, 7) is 8.91. The van der Waals surface area contributed by atoms with Crippen LogP contribution in [-0.2, 0) is 4.79 Å². The molecule has 0 bridgehead atoms. The summed E-state index contributed by atoms with van der Waals surface area (Å²) in [4.78, 5) is 29.4. The third kappa shape index (κ3) is 7.46. The van der Waals surface area contributed by atoms with Gasteiger partial charge in [-0.15, -0.1) is 0 Å². The standard InChI is InChI=1S/C23H21N3O5.2C2H6/c24-21(27)19-10-11-20(26-13-12-15(14-26)23(28)29)25-22(19)31-18-8-6-17(7-9-18)30-16-4-2-1-3-5-16;2*1-2/h1-11,15H,12-14H2,(H2,24,27)(H,28,29);2*1-2H3. The molecule has 0 spiro atoms. The molecular formula is C27H33N3O5. The zero-order chi connectivity index (χ0) is 25.8. The molecule has 8 nitrogen and oxygen atoms in total. The zero-order valence-electron chi connectivity index (χ0n) is 20.6. The maximum atomic E-state index is 11.8. The number of benzene rings is 2. The van der Waals surface area contributed by atoms with Crippen LogP contribution >= 0.6 is 0 Å². The van der Waals surface area contributed by atoms with E-state index in [-0.39, 0.29) is 11.4 Å². The average Bonchev–Trinajstić information content (AvgIpc) is 3.39. The minimum absolute atomic E-state index is 0.0699. The van der Waals surface area contributed by atoms with Crippen LogP contribution in [0.1, 0.15) is 44.5 Å². The summed E-state index contributed by atoms with van der Waals surface area (Å²) in [7, 11) is 0. The Morgan fingerprint density at radius 1 is 0.886 bits per heavy atom. The fourth-order valence-electron chi connectivity index (χ4n) is 3.35. The van der Waals surface area contributed by atoms with Gasteiger partial charge in [0.15, 0.2) is 0 Å². The van der Waals surface area contributed by atoms with Crippen molar-refractivity contribution in [2.75, 3.05) is 18.0 Å². The number of primary amides is 1. The highest BCUT2D eigenvalue weighted by Gasteiger charge is 2.29. The molecule has 3 aromatic rings. The van der Waals surface area contributed by atoms with Crippen molar-refractivity contribution in [2.24, 2.45) is 11.7 Å². The van der Waals surface area contributed by atoms with Gasteiger partial charge in [0.25, 0.3) is 5.91 Å². The van der Waals surface area contributed by atoms with E-state index in [1.807, 2.05) is 62.9 Å². The molecule has 1 aromatic heterocycles. The van der Waals surface area contributed by atoms with E-state index in [0.717, 1.165) is 0 Å². The summed E-state index contributed by atoms with van der Waals surface area (Å²) in [5.74, 6) is 0.470. The van der Waals surface area contributed by atoms with Gasteiger partial charge in [0, 0.05) is 13.1 Å². The molecule has 1 aliphatic heterocycles. The minimum atomic E-state index is -0.828. The zero-order valence-corrected chi connectivity index (χ0v) is 20.6. The summed E-state index contributed by atoms with van der Waals surface area (Å²) in [6.07, 6.45) is 0.535. The Labute approximate surface area is 206 Å². The van der Waals surface area contributed by atoms with E-state index in [9.17, 15) is 14.7 Å². The number of pyridine rings is 1. The van der Waals surface area contributed by atoms with Gasteiger partial charge in [0.05, 0.1) is 5.92 Å². The van der Waals surface area contributed by atoms with Crippen LogP contribution in [0.15, 0.2) is 66.7 Å². The third-order valence-electron chi connectivity index (χ3n) is 4.99. The monoisotopic (exact) mass is 479 g/mol. The van der Waals surface area contributed by atoms with E-state index in [1.54, 1.807) is 36.4 Å². The van der Waals surface area contributed by atoms with Crippen molar-refractivity contribution < 1.29 is 24.2 Å². The van der Waals surface area contributed by atoms with Crippen molar-refractivity contribution in [1.29, 1.82) is 0 Å². The number of carboxylic acids is 1. The Bertz CT molecular complexity index is 1090. The molecule has 0 radical (unpaired) electrons. The molecule has 1 atom stereocenters. The number of para-hydroxylation sites is 1. The summed E-state index contributed by atoms with van der Waals surface area (Å²) in [5.41, 5.74) is 5.61. The van der Waals surface area contributed by atoms with Crippen molar-refractivity contribution in [3.8, 4) is 23.1 Å². The first-order valence-electron chi connectivity index (χ1n) is 11.8. The van der Waals surface area contributed by atoms with Crippen LogP contribution in [0, 0.1) is 5.92 Å². The molecule has 4 rings (SSSR count). The van der Waals surface area contributed by atoms with E-state index in [0.29, 0.717) is 42.6 Å². The van der Waals surface area contributed by atoms with Crippen molar-refractivity contribution in [2.45, 2.75) is 34.1 Å². The quantitative estimate of drug-likeness (QED) is 0.445. The Morgan fingerprint density at radius 3 is 2.00 bits per heavy atom. The number of aromatic nitrogens is 1. The first-order valence-corrected chi connectivity index (χ1v) is 11.8. The average molecular weight is 480 g/mol. The molecule has 2 heterocycles. The Balaban J connectivity index is 0.00000103. The number of hydrogen-bond acceptors (Lipinski definition) is 6. The molecule has 2 aromatic carbocycles. The smallest absolute Gasteiger partial charge is 0.308 e. The van der Waals surface area contributed by atoms with Gasteiger partial charge < -0.3 is 25.2 Å². The Hall–Kier alpha value is -4.07. The van der Waals surface area contributed by atoms with E-state index >= 15 is 0 Å². The lowest BCUT2D eigenvalue weighted by molar-refractivity contribution is -0.140. The molecule has 8 heteroatoms. The molecule has 1 aliphatic rings. The maximum absolute atomic E-state index is 11.8. The molecule has 1 amide bonds. The van der Waals surface area contributed by atoms with Crippen LogP contribution in [-0.4, -0.2) is 35.1 Å². The number of amides is 1. The van der Waals surface area contributed by atoms with Crippen LogP contribution in [0.4, 0.5) is 5.82 Å². The number of carbonyl (C=O) groups is 2. The van der Waals surface area contributed by atoms with E-state index in [1.165, 1.54) is 0 Å². The number of nitrogens with zero attached hydrogens (tertiary/aromatic N) is 2. The lowest BCUT2D eigenvalue weighted by Gasteiger charge is -2.18. The number of nitrogens with two attached hydrogens (primary N) is 1. The number of anilines is 1. The topological polar surface area (TPSA) is 115 Å². The summed E-state index contributed by atoms with van der Waals surface area (Å²) < 4.78 is 11.6. The second-order valence-electron chi connectivity index (χ2n) is 7.14. The van der Waals surface area contributed by atoms with Gasteiger partial charge in [0.1, 0.15) is 28.6 Å². The predicted molar refractivity (Wildman–Crippen MR) is 136 cm³/mol. The number of rotatable bonds is 7. The number of hydrogen-bond donors (Lipinski definition) is 2. The van der Waals surface area contributed by atoms with E-state index < -0.39 is 17.8 Å². The van der Waals surface area contributed by atoms with Crippen molar-refractivity contribution in [1.82, 2.24) is 4.98 Å². The van der Waals surface area contributed by atoms with Gasteiger partial charge in [-0.3, -0.25) is 9.59 Å². The molecule has 3 N–H and O–H groups in total. The molecular weight excluding hydrogens is 446 g/mol. The molecule has 0 saturated carbocycles. The highest BCUT2D eigenvalue weighted by atomic mass is 16.5. The van der Waals surface area contributed by atoms with Gasteiger partial charge >= 0.3 is 5.97 Å². The first-order chi connectivity index (χ1) is 17.0. The summed E-state index contributed by atoms with van der Waals surface area (Å²) in [6, 6.07) is 19.5. The lowest BCUT2D eigenvalue weighted by atomic mass is 10.1. The molecule has 1 unspecified atom stereocenters. The molecule has 35 heavy (non-hydrogen) atoms. The maximum Gasteiger partial charge on any atom is 0.308 e. The third-order valence-corrected chi connectivity index (χ3v) is 4.99. The van der Waals surface area contributed by atoms with Crippen molar-refractivity contribution in [3.05, 3.63) is 72.3 Å². The highest BCUT2D eigenvalue weighted by Crippen LogP contribution is 2.30. The largest absolute Gasteiger partial charge is 0.481 e. The van der Waals surface area contributed by atoms with E-state index in [4.69, 9.17) is 15.2 Å². The second-order valence-corrected chi connectivity index (χ2v) is 7.14. The number of aliphatic carboxylic acids is 1. The lowest BCUT2D eigenvalue weighted by Crippen LogP contribution is -2.24. The molecule has 0 aliphatic carbocycles. The number of carbonyl (C=O) groups excluding carboxylic acids is 1. The van der Waals surface area contributed by atoms with Gasteiger partial charge in [0.2, 0.25) is 5.88 Å².